The highest BCUT2D eigenvalue weighted by Crippen LogP contribution is 2.40. The summed E-state index contributed by atoms with van der Waals surface area (Å²) in [6.45, 7) is 1.23. The zero-order valence-corrected chi connectivity index (χ0v) is 17.8. The Kier molecular flexibility index (Phi) is 5.82. The van der Waals surface area contributed by atoms with Crippen LogP contribution < -0.4 is 5.73 Å². The number of hydrogen-bond acceptors (Lipinski definition) is 5. The fourth-order valence-electron chi connectivity index (χ4n) is 3.67. The van der Waals surface area contributed by atoms with Gasteiger partial charge in [0.25, 0.3) is 5.91 Å². The number of benzene rings is 2. The van der Waals surface area contributed by atoms with Crippen molar-refractivity contribution < 1.29 is 27.5 Å². The molecule has 0 unspecified atom stereocenters. The van der Waals surface area contributed by atoms with Gasteiger partial charge in [-0.2, -0.15) is 13.2 Å². The molecule has 0 bridgehead atoms. The third-order valence-corrected chi connectivity index (χ3v) is 5.55. The summed E-state index contributed by atoms with van der Waals surface area (Å²) < 4.78 is 54.9. The topological polar surface area (TPSA) is 107 Å². The number of pyridine rings is 1. The second-order valence-corrected chi connectivity index (χ2v) is 7.79. The minimum atomic E-state index is -4.91. The average Bonchev–Trinajstić information content (AvgIpc) is 3.25. The summed E-state index contributed by atoms with van der Waals surface area (Å²) in [4.78, 5) is 16.1. The number of alkyl halides is 3. The van der Waals surface area contributed by atoms with Crippen LogP contribution in [0.2, 0.25) is 0 Å². The van der Waals surface area contributed by atoms with Gasteiger partial charge in [-0.25, -0.2) is 14.1 Å². The van der Waals surface area contributed by atoms with Crippen LogP contribution in [0.25, 0.3) is 22.0 Å². The van der Waals surface area contributed by atoms with Crippen molar-refractivity contribution in [2.45, 2.75) is 31.7 Å². The number of nitrogens with two attached hydrogens (primary N) is 1. The number of carbonyl (C=O) groups excluding carboxylic acids is 1. The Morgan fingerprint density at radius 1 is 1.15 bits per heavy atom. The van der Waals surface area contributed by atoms with Crippen LogP contribution in [0.15, 0.2) is 54.7 Å². The molecule has 0 saturated heterocycles. The normalized spacial score (nSPS) is 13.7. The smallest absolute Gasteiger partial charge is 0.375 e. The van der Waals surface area contributed by atoms with E-state index >= 15 is 0 Å². The molecule has 176 valence electrons. The number of halogens is 4. The highest BCUT2D eigenvalue weighted by atomic mass is 19.4. The van der Waals surface area contributed by atoms with Gasteiger partial charge in [-0.05, 0) is 47.4 Å². The molecule has 34 heavy (non-hydrogen) atoms. The van der Waals surface area contributed by atoms with Crippen molar-refractivity contribution in [3.05, 3.63) is 77.5 Å². The fraction of sp³-hybridized carbons (Fsp3) is 0.217. The Morgan fingerprint density at radius 3 is 2.56 bits per heavy atom. The van der Waals surface area contributed by atoms with Crippen molar-refractivity contribution in [2.75, 3.05) is 0 Å². The first-order valence-corrected chi connectivity index (χ1v) is 10.2. The molecule has 1 amide bonds. The van der Waals surface area contributed by atoms with Crippen LogP contribution in [0.3, 0.4) is 0 Å². The molecule has 0 saturated carbocycles. The van der Waals surface area contributed by atoms with E-state index in [0.717, 1.165) is 10.9 Å². The lowest BCUT2D eigenvalue weighted by Gasteiger charge is -2.26. The highest BCUT2D eigenvalue weighted by Gasteiger charge is 2.55. The SMILES string of the molecule is CC[C@@](O)(c1cn(Cc2ccc3c(-c4cccc(F)c4)cc(C(N)=O)nc3c2)nn1)C(F)(F)F. The van der Waals surface area contributed by atoms with E-state index in [9.17, 15) is 27.5 Å². The summed E-state index contributed by atoms with van der Waals surface area (Å²) in [5, 5.41) is 17.9. The molecular formula is C23H19F4N5O2. The van der Waals surface area contributed by atoms with Gasteiger partial charge in [0.2, 0.25) is 5.60 Å². The molecule has 0 radical (unpaired) electrons. The lowest BCUT2D eigenvalue weighted by atomic mass is 9.96. The largest absolute Gasteiger partial charge is 0.423 e. The minimum Gasteiger partial charge on any atom is -0.375 e. The zero-order chi connectivity index (χ0) is 24.7. The molecule has 4 rings (SSSR count). The van der Waals surface area contributed by atoms with Crippen LogP contribution in [-0.4, -0.2) is 37.2 Å². The molecule has 2 aromatic carbocycles. The van der Waals surface area contributed by atoms with Gasteiger partial charge in [0.15, 0.2) is 0 Å². The molecule has 2 aromatic heterocycles. The summed E-state index contributed by atoms with van der Waals surface area (Å²) >= 11 is 0. The third-order valence-electron chi connectivity index (χ3n) is 5.55. The number of aromatic nitrogens is 4. The van der Waals surface area contributed by atoms with Crippen molar-refractivity contribution in [2.24, 2.45) is 5.73 Å². The van der Waals surface area contributed by atoms with E-state index in [2.05, 4.69) is 15.3 Å². The number of hydrogen-bond donors (Lipinski definition) is 2. The van der Waals surface area contributed by atoms with Crippen LogP contribution in [0.5, 0.6) is 0 Å². The van der Waals surface area contributed by atoms with Crippen molar-refractivity contribution in [3.63, 3.8) is 0 Å². The standard InChI is InChI=1S/C23H19F4N5O2/c1-2-22(34,23(25,26)27)20-12-32(31-30-20)11-13-6-7-16-17(14-4-3-5-15(24)9-14)10-19(21(28)33)29-18(16)8-13/h3-10,12,34H,2,11H2,1H3,(H2,28,33)/t22-/m1/s1. The first-order chi connectivity index (χ1) is 16.0. The quantitative estimate of drug-likeness (QED) is 0.413. The molecule has 0 fully saturated rings. The van der Waals surface area contributed by atoms with Gasteiger partial charge in [-0.15, -0.1) is 5.10 Å². The van der Waals surface area contributed by atoms with E-state index in [1.807, 2.05) is 0 Å². The molecule has 2 heterocycles. The second-order valence-electron chi connectivity index (χ2n) is 7.79. The predicted molar refractivity (Wildman–Crippen MR) is 115 cm³/mol. The molecule has 0 aliphatic carbocycles. The monoisotopic (exact) mass is 473 g/mol. The first kappa shape index (κ1) is 23.3. The van der Waals surface area contributed by atoms with Gasteiger partial charge >= 0.3 is 6.18 Å². The van der Waals surface area contributed by atoms with E-state index in [-0.39, 0.29) is 12.2 Å². The van der Waals surface area contributed by atoms with Crippen molar-refractivity contribution in [3.8, 4) is 11.1 Å². The molecule has 1 atom stereocenters. The maximum atomic E-state index is 13.8. The van der Waals surface area contributed by atoms with Gasteiger partial charge < -0.3 is 10.8 Å². The zero-order valence-electron chi connectivity index (χ0n) is 17.8. The molecule has 0 aliphatic rings. The molecule has 3 N–H and O–H groups in total. The number of primary amides is 1. The second kappa shape index (κ2) is 8.49. The Morgan fingerprint density at radius 2 is 1.91 bits per heavy atom. The van der Waals surface area contributed by atoms with Crippen LogP contribution >= 0.6 is 0 Å². The number of fused-ring (bicyclic) bond motifs is 1. The summed E-state index contributed by atoms with van der Waals surface area (Å²) in [6.07, 6.45) is -4.49. The Bertz CT molecular complexity index is 1390. The summed E-state index contributed by atoms with van der Waals surface area (Å²) in [5.41, 5.74) is 3.73. The Balaban J connectivity index is 1.74. The van der Waals surface area contributed by atoms with E-state index in [0.29, 0.717) is 27.6 Å². The van der Waals surface area contributed by atoms with E-state index in [4.69, 9.17) is 5.73 Å². The average molecular weight is 473 g/mol. The van der Waals surface area contributed by atoms with Crippen molar-refractivity contribution in [1.82, 2.24) is 20.0 Å². The third kappa shape index (κ3) is 4.21. The highest BCUT2D eigenvalue weighted by molar-refractivity contribution is 6.00. The van der Waals surface area contributed by atoms with Gasteiger partial charge in [0.05, 0.1) is 18.3 Å². The molecular weight excluding hydrogens is 454 g/mol. The minimum absolute atomic E-state index is 0.0230. The molecule has 4 aromatic rings. The van der Waals surface area contributed by atoms with Gasteiger partial charge in [-0.3, -0.25) is 4.79 Å². The number of amides is 1. The lowest BCUT2D eigenvalue weighted by Crippen LogP contribution is -2.42. The van der Waals surface area contributed by atoms with Crippen LogP contribution in [0.1, 0.15) is 35.1 Å². The van der Waals surface area contributed by atoms with Crippen LogP contribution in [0.4, 0.5) is 17.6 Å². The number of aliphatic hydroxyl groups is 1. The number of carbonyl (C=O) groups is 1. The molecule has 0 aliphatic heterocycles. The maximum absolute atomic E-state index is 13.8. The van der Waals surface area contributed by atoms with Crippen LogP contribution in [0, 0.1) is 5.82 Å². The van der Waals surface area contributed by atoms with Gasteiger partial charge in [-0.1, -0.05) is 36.4 Å². The van der Waals surface area contributed by atoms with E-state index in [1.54, 1.807) is 24.3 Å². The predicted octanol–water partition coefficient (Wildman–Crippen LogP) is 3.94. The molecule has 7 nitrogen and oxygen atoms in total. The fourth-order valence-corrected chi connectivity index (χ4v) is 3.67. The van der Waals surface area contributed by atoms with E-state index < -0.39 is 35.6 Å². The molecule has 0 spiro atoms. The van der Waals surface area contributed by atoms with Gasteiger partial charge in [0.1, 0.15) is 17.2 Å². The summed E-state index contributed by atoms with van der Waals surface area (Å²) in [6, 6.07) is 12.4. The maximum Gasteiger partial charge on any atom is 0.423 e. The Labute approximate surface area is 190 Å². The van der Waals surface area contributed by atoms with E-state index in [1.165, 1.54) is 31.2 Å². The summed E-state index contributed by atoms with van der Waals surface area (Å²) in [5.74, 6) is -1.22. The van der Waals surface area contributed by atoms with Crippen molar-refractivity contribution >= 4 is 16.8 Å². The first-order valence-electron chi connectivity index (χ1n) is 10.2. The van der Waals surface area contributed by atoms with Crippen molar-refractivity contribution in [1.29, 1.82) is 0 Å². The van der Waals surface area contributed by atoms with Crippen LogP contribution in [-0.2, 0) is 12.1 Å². The number of nitrogens with zero attached hydrogens (tertiary/aromatic N) is 4. The molecule has 11 heteroatoms. The van der Waals surface area contributed by atoms with Gasteiger partial charge in [0, 0.05) is 5.39 Å². The summed E-state index contributed by atoms with van der Waals surface area (Å²) in [7, 11) is 0. The number of rotatable bonds is 6. The lowest BCUT2D eigenvalue weighted by molar-refractivity contribution is -0.269. The Hall–Kier alpha value is -3.86.